The predicted octanol–water partition coefficient (Wildman–Crippen LogP) is 2.85. The number of carbonyl (C=O) groups excluding carboxylic acids is 1. The predicted molar refractivity (Wildman–Crippen MR) is 88.7 cm³/mol. The van der Waals surface area contributed by atoms with Gasteiger partial charge in [-0.05, 0) is 32.6 Å². The smallest absolute Gasteiger partial charge is 0.333 e. The number of rotatable bonds is 4. The molecule has 4 fully saturated rings. The first-order chi connectivity index (χ1) is 12.0. The minimum atomic E-state index is -0.542. The quantitative estimate of drug-likeness (QED) is 0.573. The number of hydrogen-bond acceptors (Lipinski definition) is 6. The molecule has 2 aliphatic carbocycles. The van der Waals surface area contributed by atoms with Crippen molar-refractivity contribution in [1.82, 2.24) is 0 Å². The molecule has 0 aromatic rings. The Balaban J connectivity index is 1.45. The molecule has 25 heavy (non-hydrogen) atoms. The summed E-state index contributed by atoms with van der Waals surface area (Å²) in [5.41, 5.74) is 0.386. The lowest BCUT2D eigenvalue weighted by Crippen LogP contribution is -2.41. The number of esters is 1. The molecule has 0 bridgehead atoms. The molecule has 140 valence electrons. The third-order valence-corrected chi connectivity index (χ3v) is 5.78. The second-order valence-corrected chi connectivity index (χ2v) is 7.82. The summed E-state index contributed by atoms with van der Waals surface area (Å²) in [6.07, 6.45) is 7.34. The van der Waals surface area contributed by atoms with Gasteiger partial charge in [-0.3, -0.25) is 0 Å². The Morgan fingerprint density at radius 2 is 1.68 bits per heavy atom. The van der Waals surface area contributed by atoms with E-state index in [1.807, 2.05) is 0 Å². The van der Waals surface area contributed by atoms with Crippen molar-refractivity contribution >= 4 is 5.97 Å². The van der Waals surface area contributed by atoms with Crippen molar-refractivity contribution in [2.75, 3.05) is 13.2 Å². The zero-order chi connectivity index (χ0) is 17.5. The van der Waals surface area contributed by atoms with Crippen LogP contribution in [0.2, 0.25) is 0 Å². The second-order valence-electron chi connectivity index (χ2n) is 7.82. The van der Waals surface area contributed by atoms with Crippen molar-refractivity contribution in [2.24, 2.45) is 0 Å². The standard InChI is InChI=1S/C19H28O6/c1-13(2)17(20)21-11-14-16(25-19(24-14)9-5-6-10-19)15-12-22-18(23-15)7-3-4-8-18/h14-16H,1,3-12H2,2H3. The maximum Gasteiger partial charge on any atom is 0.333 e. The molecule has 0 aromatic heterocycles. The fraction of sp³-hybridized carbons (Fsp3) is 0.842. The molecule has 2 aliphatic heterocycles. The van der Waals surface area contributed by atoms with E-state index in [-0.39, 0.29) is 24.9 Å². The lowest BCUT2D eigenvalue weighted by molar-refractivity contribution is -0.195. The van der Waals surface area contributed by atoms with E-state index in [2.05, 4.69) is 6.58 Å². The summed E-state index contributed by atoms with van der Waals surface area (Å²) in [6.45, 7) is 5.93. The van der Waals surface area contributed by atoms with Gasteiger partial charge >= 0.3 is 5.97 Å². The Morgan fingerprint density at radius 1 is 1.04 bits per heavy atom. The molecule has 2 saturated carbocycles. The van der Waals surface area contributed by atoms with Gasteiger partial charge in [0.2, 0.25) is 0 Å². The van der Waals surface area contributed by atoms with Crippen molar-refractivity contribution < 1.29 is 28.5 Å². The molecule has 0 amide bonds. The van der Waals surface area contributed by atoms with Gasteiger partial charge in [0.25, 0.3) is 0 Å². The summed E-state index contributed by atoms with van der Waals surface area (Å²) >= 11 is 0. The zero-order valence-electron chi connectivity index (χ0n) is 15.0. The highest BCUT2D eigenvalue weighted by Crippen LogP contribution is 2.46. The molecule has 2 heterocycles. The third-order valence-electron chi connectivity index (χ3n) is 5.78. The van der Waals surface area contributed by atoms with Gasteiger partial charge in [0.05, 0.1) is 6.61 Å². The van der Waals surface area contributed by atoms with Crippen LogP contribution in [0.15, 0.2) is 12.2 Å². The van der Waals surface area contributed by atoms with Crippen LogP contribution in [0, 0.1) is 0 Å². The normalized spacial score (nSPS) is 35.6. The lowest BCUT2D eigenvalue weighted by atomic mass is 10.1. The van der Waals surface area contributed by atoms with Crippen LogP contribution >= 0.6 is 0 Å². The fourth-order valence-corrected chi connectivity index (χ4v) is 4.48. The molecular weight excluding hydrogens is 324 g/mol. The van der Waals surface area contributed by atoms with Crippen molar-refractivity contribution in [3.63, 3.8) is 0 Å². The van der Waals surface area contributed by atoms with E-state index in [0.717, 1.165) is 51.4 Å². The van der Waals surface area contributed by atoms with Gasteiger partial charge in [-0.2, -0.15) is 0 Å². The summed E-state index contributed by atoms with van der Waals surface area (Å²) in [5, 5.41) is 0. The summed E-state index contributed by atoms with van der Waals surface area (Å²) in [5.74, 6) is -1.37. The molecule has 3 atom stereocenters. The highest BCUT2D eigenvalue weighted by atomic mass is 16.8. The van der Waals surface area contributed by atoms with Gasteiger partial charge in [0, 0.05) is 31.3 Å². The van der Waals surface area contributed by atoms with Gasteiger partial charge in [0.15, 0.2) is 11.6 Å². The second kappa shape index (κ2) is 6.65. The van der Waals surface area contributed by atoms with Crippen LogP contribution in [-0.2, 0) is 28.5 Å². The van der Waals surface area contributed by atoms with Crippen LogP contribution in [0.25, 0.3) is 0 Å². The molecule has 0 N–H and O–H groups in total. The van der Waals surface area contributed by atoms with E-state index in [0.29, 0.717) is 12.2 Å². The highest BCUT2D eigenvalue weighted by molar-refractivity contribution is 5.86. The summed E-state index contributed by atoms with van der Waals surface area (Å²) < 4.78 is 30.3. The Hall–Kier alpha value is -0.950. The van der Waals surface area contributed by atoms with Crippen LogP contribution in [0.4, 0.5) is 0 Å². The molecule has 6 nitrogen and oxygen atoms in total. The van der Waals surface area contributed by atoms with Crippen LogP contribution in [-0.4, -0.2) is 49.1 Å². The van der Waals surface area contributed by atoms with Crippen molar-refractivity contribution in [3.05, 3.63) is 12.2 Å². The van der Waals surface area contributed by atoms with E-state index < -0.39 is 17.5 Å². The average Bonchev–Trinajstić information content (AvgIpc) is 3.37. The van der Waals surface area contributed by atoms with Crippen molar-refractivity contribution in [1.29, 1.82) is 0 Å². The summed E-state index contributed by atoms with van der Waals surface area (Å²) in [4.78, 5) is 11.8. The molecule has 0 aromatic carbocycles. The Kier molecular flexibility index (Phi) is 4.65. The van der Waals surface area contributed by atoms with Gasteiger partial charge < -0.3 is 23.7 Å². The lowest BCUT2D eigenvalue weighted by Gasteiger charge is -2.26. The first kappa shape index (κ1) is 17.5. The molecule has 2 saturated heterocycles. The van der Waals surface area contributed by atoms with Gasteiger partial charge in [0.1, 0.15) is 24.9 Å². The molecule has 2 spiro atoms. The maximum atomic E-state index is 11.8. The molecule has 0 radical (unpaired) electrons. The first-order valence-corrected chi connectivity index (χ1v) is 9.51. The SMILES string of the molecule is C=C(C)C(=O)OCC1OC2(CCCC2)OC1C1COC2(CCCC2)O1. The molecule has 6 heteroatoms. The van der Waals surface area contributed by atoms with Gasteiger partial charge in [-0.1, -0.05) is 6.58 Å². The van der Waals surface area contributed by atoms with Crippen molar-refractivity contribution in [2.45, 2.75) is 88.2 Å². The topological polar surface area (TPSA) is 63.2 Å². The molecule has 4 aliphatic rings. The summed E-state index contributed by atoms with van der Waals surface area (Å²) in [6, 6.07) is 0. The first-order valence-electron chi connectivity index (χ1n) is 9.51. The van der Waals surface area contributed by atoms with Crippen LogP contribution in [0.3, 0.4) is 0 Å². The monoisotopic (exact) mass is 352 g/mol. The molecule has 4 rings (SSSR count). The van der Waals surface area contributed by atoms with Crippen molar-refractivity contribution in [3.8, 4) is 0 Å². The molecule has 3 unspecified atom stereocenters. The Labute approximate surface area is 148 Å². The van der Waals surface area contributed by atoms with Crippen LogP contribution in [0.5, 0.6) is 0 Å². The van der Waals surface area contributed by atoms with E-state index in [9.17, 15) is 4.79 Å². The molecular formula is C19H28O6. The number of ether oxygens (including phenoxy) is 5. The van der Waals surface area contributed by atoms with E-state index in [4.69, 9.17) is 23.7 Å². The van der Waals surface area contributed by atoms with E-state index in [1.54, 1.807) is 6.92 Å². The van der Waals surface area contributed by atoms with Crippen LogP contribution in [0.1, 0.15) is 58.3 Å². The zero-order valence-corrected chi connectivity index (χ0v) is 15.0. The van der Waals surface area contributed by atoms with E-state index >= 15 is 0 Å². The van der Waals surface area contributed by atoms with E-state index in [1.165, 1.54) is 0 Å². The largest absolute Gasteiger partial charge is 0.459 e. The average molecular weight is 352 g/mol. The highest BCUT2D eigenvalue weighted by Gasteiger charge is 2.56. The summed E-state index contributed by atoms with van der Waals surface area (Å²) in [7, 11) is 0. The Bertz CT molecular complexity index is 532. The van der Waals surface area contributed by atoms with Crippen LogP contribution < -0.4 is 0 Å². The number of hydrogen-bond donors (Lipinski definition) is 0. The minimum Gasteiger partial charge on any atom is -0.459 e. The fourth-order valence-electron chi connectivity index (χ4n) is 4.48. The van der Waals surface area contributed by atoms with Gasteiger partial charge in [-0.25, -0.2) is 4.79 Å². The Morgan fingerprint density at radius 3 is 2.32 bits per heavy atom. The number of carbonyl (C=O) groups is 1. The minimum absolute atomic E-state index is 0.158. The maximum absolute atomic E-state index is 11.8. The third kappa shape index (κ3) is 3.37. The van der Waals surface area contributed by atoms with Gasteiger partial charge in [-0.15, -0.1) is 0 Å².